The number of benzene rings is 2. The lowest BCUT2D eigenvalue weighted by molar-refractivity contribution is -0.157. The van der Waals surface area contributed by atoms with Crippen molar-refractivity contribution in [2.45, 2.75) is 31.3 Å². The maximum atomic E-state index is 12.4. The first-order valence-electron chi connectivity index (χ1n) is 9.62. The zero-order valence-corrected chi connectivity index (χ0v) is 16.0. The van der Waals surface area contributed by atoms with Crippen LogP contribution in [0.2, 0.25) is 0 Å². The highest BCUT2D eigenvalue weighted by Crippen LogP contribution is 2.44. The van der Waals surface area contributed by atoms with Gasteiger partial charge < -0.3 is 20.1 Å². The molecule has 2 aromatic rings. The van der Waals surface area contributed by atoms with Crippen LogP contribution in [0.15, 0.2) is 48.5 Å². The molecule has 150 valence electrons. The third-order valence-corrected chi connectivity index (χ3v) is 5.64. The minimum absolute atomic E-state index is 0.0640. The van der Waals surface area contributed by atoms with Crippen molar-refractivity contribution in [2.24, 2.45) is 0 Å². The van der Waals surface area contributed by atoms with E-state index in [1.807, 2.05) is 36.4 Å². The van der Waals surface area contributed by atoms with Gasteiger partial charge in [0.2, 0.25) is 5.91 Å². The largest absolute Gasteiger partial charge is 0.480 e. The molecule has 1 fully saturated rings. The molecule has 2 amide bonds. The first kappa shape index (κ1) is 19.0. The van der Waals surface area contributed by atoms with E-state index in [-0.39, 0.29) is 12.5 Å². The summed E-state index contributed by atoms with van der Waals surface area (Å²) in [7, 11) is 0. The van der Waals surface area contributed by atoms with E-state index in [0.717, 1.165) is 22.3 Å². The second-order valence-electron chi connectivity index (χ2n) is 7.37. The zero-order valence-electron chi connectivity index (χ0n) is 16.0. The number of nitrogens with one attached hydrogen (secondary N) is 1. The molecule has 1 aliphatic heterocycles. The quantitative estimate of drug-likeness (QED) is 0.813. The Morgan fingerprint density at radius 1 is 1.10 bits per heavy atom. The van der Waals surface area contributed by atoms with Crippen molar-refractivity contribution in [3.05, 3.63) is 59.7 Å². The Bertz CT molecular complexity index is 928. The molecular weight excluding hydrogens is 372 g/mol. The van der Waals surface area contributed by atoms with E-state index in [2.05, 4.69) is 17.4 Å². The number of ether oxygens (including phenoxy) is 1. The molecule has 4 rings (SSSR count). The molecular formula is C22H22N2O5. The Morgan fingerprint density at radius 3 is 2.21 bits per heavy atom. The summed E-state index contributed by atoms with van der Waals surface area (Å²) >= 11 is 0. The third kappa shape index (κ3) is 3.44. The zero-order chi connectivity index (χ0) is 20.5. The van der Waals surface area contributed by atoms with Gasteiger partial charge in [0, 0.05) is 12.5 Å². The van der Waals surface area contributed by atoms with Crippen molar-refractivity contribution in [1.29, 1.82) is 0 Å². The minimum Gasteiger partial charge on any atom is -0.480 e. The van der Waals surface area contributed by atoms with Gasteiger partial charge in [-0.2, -0.15) is 0 Å². The maximum absolute atomic E-state index is 12.4. The van der Waals surface area contributed by atoms with Crippen molar-refractivity contribution in [3.63, 3.8) is 0 Å². The van der Waals surface area contributed by atoms with Gasteiger partial charge >= 0.3 is 12.1 Å². The number of hydrogen-bond acceptors (Lipinski definition) is 4. The standard InChI is InChI=1S/C22H22N2O5/c1-13(20(25)24-11-10-19(24)21(26)27)23-22(28)29-12-18-16-8-4-2-6-14(16)15-7-3-5-9-17(15)18/h2-9,13,18-19H,10-12H2,1H3,(H,23,28)(H,26,27). The van der Waals surface area contributed by atoms with E-state index in [0.29, 0.717) is 13.0 Å². The average Bonchev–Trinajstić information content (AvgIpc) is 2.99. The highest BCUT2D eigenvalue weighted by atomic mass is 16.5. The van der Waals surface area contributed by atoms with Gasteiger partial charge in [-0.1, -0.05) is 48.5 Å². The van der Waals surface area contributed by atoms with Crippen LogP contribution in [-0.4, -0.2) is 53.2 Å². The normalized spacial score (nSPS) is 18.2. The molecule has 1 heterocycles. The van der Waals surface area contributed by atoms with Gasteiger partial charge in [0.1, 0.15) is 18.7 Å². The second kappa shape index (κ2) is 7.58. The first-order chi connectivity index (χ1) is 14.0. The number of fused-ring (bicyclic) bond motifs is 3. The fourth-order valence-electron chi connectivity index (χ4n) is 4.04. The number of likely N-dealkylation sites (tertiary alicyclic amines) is 1. The number of alkyl carbamates (subject to hydrolysis) is 1. The van der Waals surface area contributed by atoms with E-state index >= 15 is 0 Å². The smallest absolute Gasteiger partial charge is 0.407 e. The number of aliphatic carboxylic acids is 1. The number of amides is 2. The van der Waals surface area contributed by atoms with Crippen molar-refractivity contribution < 1.29 is 24.2 Å². The van der Waals surface area contributed by atoms with Crippen LogP contribution in [0, 0.1) is 0 Å². The molecule has 1 aliphatic carbocycles. The van der Waals surface area contributed by atoms with Gasteiger partial charge in [-0.25, -0.2) is 9.59 Å². The molecule has 1 saturated heterocycles. The molecule has 0 aromatic heterocycles. The van der Waals surface area contributed by atoms with Crippen LogP contribution in [0.25, 0.3) is 11.1 Å². The van der Waals surface area contributed by atoms with E-state index in [4.69, 9.17) is 9.84 Å². The van der Waals surface area contributed by atoms with Crippen LogP contribution in [0.3, 0.4) is 0 Å². The fraction of sp³-hybridized carbons (Fsp3) is 0.318. The first-order valence-corrected chi connectivity index (χ1v) is 9.62. The average molecular weight is 394 g/mol. The lowest BCUT2D eigenvalue weighted by Gasteiger charge is -2.39. The number of hydrogen-bond donors (Lipinski definition) is 2. The Labute approximate surface area is 168 Å². The maximum Gasteiger partial charge on any atom is 0.407 e. The number of nitrogens with zero attached hydrogens (tertiary/aromatic N) is 1. The Kier molecular flexibility index (Phi) is 4.96. The SMILES string of the molecule is CC(NC(=O)OCC1c2ccccc2-c2ccccc21)C(=O)N1CCC1C(=O)O. The van der Waals surface area contributed by atoms with Crippen LogP contribution in [0.1, 0.15) is 30.4 Å². The fourth-order valence-corrected chi connectivity index (χ4v) is 4.04. The predicted molar refractivity (Wildman–Crippen MR) is 105 cm³/mol. The Balaban J connectivity index is 1.38. The summed E-state index contributed by atoms with van der Waals surface area (Å²) in [6.07, 6.45) is -0.265. The van der Waals surface area contributed by atoms with Crippen molar-refractivity contribution >= 4 is 18.0 Å². The van der Waals surface area contributed by atoms with E-state index in [1.165, 1.54) is 11.8 Å². The van der Waals surface area contributed by atoms with Gasteiger partial charge in [-0.15, -0.1) is 0 Å². The van der Waals surface area contributed by atoms with Gasteiger partial charge in [-0.05, 0) is 35.6 Å². The summed E-state index contributed by atoms with van der Waals surface area (Å²) in [4.78, 5) is 37.0. The molecule has 0 radical (unpaired) electrons. The second-order valence-corrected chi connectivity index (χ2v) is 7.37. The minimum atomic E-state index is -1.03. The summed E-state index contributed by atoms with van der Waals surface area (Å²) in [5, 5.41) is 11.6. The molecule has 29 heavy (non-hydrogen) atoms. The third-order valence-electron chi connectivity index (χ3n) is 5.64. The van der Waals surface area contributed by atoms with Crippen molar-refractivity contribution in [2.75, 3.05) is 13.2 Å². The van der Waals surface area contributed by atoms with Gasteiger partial charge in [-0.3, -0.25) is 4.79 Å². The van der Waals surface area contributed by atoms with Gasteiger partial charge in [0.25, 0.3) is 0 Å². The monoisotopic (exact) mass is 394 g/mol. The number of carbonyl (C=O) groups is 3. The number of carbonyl (C=O) groups excluding carboxylic acids is 2. The molecule has 7 heteroatoms. The summed E-state index contributed by atoms with van der Waals surface area (Å²) in [6.45, 7) is 2.07. The molecule has 0 spiro atoms. The molecule has 2 N–H and O–H groups in total. The molecule has 2 aromatic carbocycles. The highest BCUT2D eigenvalue weighted by Gasteiger charge is 2.39. The van der Waals surface area contributed by atoms with Gasteiger partial charge in [0.05, 0.1) is 0 Å². The lowest BCUT2D eigenvalue weighted by atomic mass is 9.98. The summed E-state index contributed by atoms with van der Waals surface area (Å²) < 4.78 is 5.43. The van der Waals surface area contributed by atoms with Gasteiger partial charge in [0.15, 0.2) is 0 Å². The number of rotatable bonds is 5. The summed E-state index contributed by atoms with van der Waals surface area (Å²) in [6, 6.07) is 14.4. The molecule has 2 atom stereocenters. The number of carboxylic acids is 1. The van der Waals surface area contributed by atoms with Crippen LogP contribution in [0.5, 0.6) is 0 Å². The predicted octanol–water partition coefficient (Wildman–Crippen LogP) is 2.60. The topological polar surface area (TPSA) is 95.9 Å². The van der Waals surface area contributed by atoms with Crippen LogP contribution in [-0.2, 0) is 14.3 Å². The molecule has 7 nitrogen and oxygen atoms in total. The van der Waals surface area contributed by atoms with Crippen LogP contribution < -0.4 is 5.32 Å². The summed E-state index contributed by atoms with van der Waals surface area (Å²) in [5.74, 6) is -1.51. The molecule has 2 unspecified atom stereocenters. The lowest BCUT2D eigenvalue weighted by Crippen LogP contribution is -2.59. The van der Waals surface area contributed by atoms with E-state index in [9.17, 15) is 14.4 Å². The van der Waals surface area contributed by atoms with Crippen molar-refractivity contribution in [3.8, 4) is 11.1 Å². The molecule has 0 saturated carbocycles. The molecule has 0 bridgehead atoms. The van der Waals surface area contributed by atoms with E-state index < -0.39 is 30.1 Å². The Hall–Kier alpha value is -3.35. The van der Waals surface area contributed by atoms with Crippen molar-refractivity contribution in [1.82, 2.24) is 10.2 Å². The highest BCUT2D eigenvalue weighted by molar-refractivity contribution is 5.90. The van der Waals surface area contributed by atoms with E-state index in [1.54, 1.807) is 0 Å². The number of carboxylic acid groups (broad SMARTS) is 1. The summed E-state index contributed by atoms with van der Waals surface area (Å²) in [5.41, 5.74) is 4.49. The molecule has 2 aliphatic rings. The Morgan fingerprint density at radius 2 is 1.69 bits per heavy atom. The van der Waals surface area contributed by atoms with Crippen LogP contribution in [0.4, 0.5) is 4.79 Å². The van der Waals surface area contributed by atoms with Crippen LogP contribution >= 0.6 is 0 Å².